The first kappa shape index (κ1) is 13.0. The van der Waals surface area contributed by atoms with Gasteiger partial charge in [-0.05, 0) is 32.0 Å². The standard InChI is InChI=1S/C14H16N4O/c1-10-3-5-12(6-4-10)18-14(19)15-8-13-7-11(2)16-9-17-13/h3-7,9H,8H2,1-2H3,(H2,15,18,19). The van der Waals surface area contributed by atoms with Crippen LogP contribution in [0.25, 0.3) is 0 Å². The second-order valence-electron chi connectivity index (χ2n) is 4.32. The minimum atomic E-state index is -0.250. The molecule has 0 radical (unpaired) electrons. The predicted octanol–water partition coefficient (Wildman–Crippen LogP) is 2.42. The minimum Gasteiger partial charge on any atom is -0.332 e. The van der Waals surface area contributed by atoms with Crippen molar-refractivity contribution in [2.75, 3.05) is 5.32 Å². The van der Waals surface area contributed by atoms with E-state index in [4.69, 9.17) is 0 Å². The van der Waals surface area contributed by atoms with E-state index in [1.807, 2.05) is 44.2 Å². The molecule has 0 aliphatic carbocycles. The monoisotopic (exact) mass is 256 g/mol. The van der Waals surface area contributed by atoms with E-state index in [0.29, 0.717) is 6.54 Å². The molecule has 0 bridgehead atoms. The number of nitrogens with one attached hydrogen (secondary N) is 2. The van der Waals surface area contributed by atoms with Gasteiger partial charge in [-0.25, -0.2) is 14.8 Å². The molecule has 0 aliphatic rings. The molecule has 0 saturated heterocycles. The summed E-state index contributed by atoms with van der Waals surface area (Å²) < 4.78 is 0. The first-order chi connectivity index (χ1) is 9.13. The highest BCUT2D eigenvalue weighted by atomic mass is 16.2. The number of aryl methyl sites for hydroxylation is 2. The van der Waals surface area contributed by atoms with Gasteiger partial charge in [-0.2, -0.15) is 0 Å². The summed E-state index contributed by atoms with van der Waals surface area (Å²) in [5.74, 6) is 0. The molecule has 98 valence electrons. The number of nitrogens with zero attached hydrogens (tertiary/aromatic N) is 2. The molecular formula is C14H16N4O. The van der Waals surface area contributed by atoms with Crippen LogP contribution in [0.2, 0.25) is 0 Å². The number of aromatic nitrogens is 2. The number of carbonyl (C=O) groups is 1. The van der Waals surface area contributed by atoms with Gasteiger partial charge in [0.25, 0.3) is 0 Å². The molecular weight excluding hydrogens is 240 g/mol. The highest BCUT2D eigenvalue weighted by molar-refractivity contribution is 5.89. The summed E-state index contributed by atoms with van der Waals surface area (Å²) in [4.78, 5) is 19.8. The van der Waals surface area contributed by atoms with Gasteiger partial charge in [0.2, 0.25) is 0 Å². The van der Waals surface area contributed by atoms with Gasteiger partial charge < -0.3 is 10.6 Å². The number of hydrogen-bond donors (Lipinski definition) is 2. The lowest BCUT2D eigenvalue weighted by Gasteiger charge is -2.07. The fourth-order valence-electron chi connectivity index (χ4n) is 1.59. The summed E-state index contributed by atoms with van der Waals surface area (Å²) in [6.45, 7) is 4.26. The van der Waals surface area contributed by atoms with E-state index in [-0.39, 0.29) is 6.03 Å². The number of hydrogen-bond acceptors (Lipinski definition) is 3. The Labute approximate surface area is 112 Å². The lowest BCUT2D eigenvalue weighted by molar-refractivity contribution is 0.251. The average molecular weight is 256 g/mol. The van der Waals surface area contributed by atoms with E-state index < -0.39 is 0 Å². The van der Waals surface area contributed by atoms with E-state index >= 15 is 0 Å². The SMILES string of the molecule is Cc1ccc(NC(=O)NCc2cc(C)ncn2)cc1. The molecule has 0 fully saturated rings. The molecule has 0 saturated carbocycles. The Kier molecular flexibility index (Phi) is 4.07. The van der Waals surface area contributed by atoms with Crippen LogP contribution in [-0.4, -0.2) is 16.0 Å². The van der Waals surface area contributed by atoms with Crippen molar-refractivity contribution in [2.45, 2.75) is 20.4 Å². The van der Waals surface area contributed by atoms with Gasteiger partial charge in [-0.15, -0.1) is 0 Å². The largest absolute Gasteiger partial charge is 0.332 e. The number of anilines is 1. The molecule has 1 aromatic carbocycles. The van der Waals surface area contributed by atoms with Crippen molar-refractivity contribution >= 4 is 11.7 Å². The Morgan fingerprint density at radius 2 is 1.89 bits per heavy atom. The topological polar surface area (TPSA) is 66.9 Å². The summed E-state index contributed by atoms with van der Waals surface area (Å²) in [6.07, 6.45) is 1.49. The molecule has 0 aliphatic heterocycles. The maximum absolute atomic E-state index is 11.7. The van der Waals surface area contributed by atoms with Crippen LogP contribution in [0, 0.1) is 13.8 Å². The van der Waals surface area contributed by atoms with Crippen molar-refractivity contribution in [3.63, 3.8) is 0 Å². The molecule has 2 N–H and O–H groups in total. The fourth-order valence-corrected chi connectivity index (χ4v) is 1.59. The van der Waals surface area contributed by atoms with Crippen LogP contribution < -0.4 is 10.6 Å². The van der Waals surface area contributed by atoms with E-state index in [1.54, 1.807) is 0 Å². The van der Waals surface area contributed by atoms with Gasteiger partial charge in [0.1, 0.15) is 6.33 Å². The molecule has 19 heavy (non-hydrogen) atoms. The minimum absolute atomic E-state index is 0.250. The van der Waals surface area contributed by atoms with Gasteiger partial charge in [0, 0.05) is 11.4 Å². The Bertz CT molecular complexity index is 566. The van der Waals surface area contributed by atoms with Gasteiger partial charge in [0.05, 0.1) is 12.2 Å². The third kappa shape index (κ3) is 4.06. The average Bonchev–Trinajstić information content (AvgIpc) is 2.39. The van der Waals surface area contributed by atoms with Crippen LogP contribution in [0.5, 0.6) is 0 Å². The van der Waals surface area contributed by atoms with Crippen LogP contribution in [-0.2, 0) is 6.54 Å². The van der Waals surface area contributed by atoms with Crippen LogP contribution in [0.15, 0.2) is 36.7 Å². The molecule has 0 unspecified atom stereocenters. The molecule has 1 aromatic heterocycles. The Hall–Kier alpha value is -2.43. The smallest absolute Gasteiger partial charge is 0.319 e. The first-order valence-electron chi connectivity index (χ1n) is 6.02. The lowest BCUT2D eigenvalue weighted by atomic mass is 10.2. The summed E-state index contributed by atoms with van der Waals surface area (Å²) in [7, 11) is 0. The molecule has 2 aromatic rings. The Morgan fingerprint density at radius 3 is 2.58 bits per heavy atom. The van der Waals surface area contributed by atoms with Gasteiger partial charge >= 0.3 is 6.03 Å². The predicted molar refractivity (Wildman–Crippen MR) is 73.8 cm³/mol. The zero-order valence-corrected chi connectivity index (χ0v) is 11.0. The molecule has 2 rings (SSSR count). The van der Waals surface area contributed by atoms with E-state index in [1.165, 1.54) is 6.33 Å². The fraction of sp³-hybridized carbons (Fsp3) is 0.214. The number of urea groups is 1. The maximum atomic E-state index is 11.7. The van der Waals surface area contributed by atoms with Crippen LogP contribution in [0.4, 0.5) is 10.5 Å². The van der Waals surface area contributed by atoms with Crippen molar-refractivity contribution in [3.8, 4) is 0 Å². The zero-order valence-electron chi connectivity index (χ0n) is 11.0. The van der Waals surface area contributed by atoms with Gasteiger partial charge in [-0.3, -0.25) is 0 Å². The molecule has 5 nitrogen and oxygen atoms in total. The second-order valence-corrected chi connectivity index (χ2v) is 4.32. The molecule has 5 heteroatoms. The third-order valence-electron chi connectivity index (χ3n) is 2.60. The maximum Gasteiger partial charge on any atom is 0.319 e. The summed E-state index contributed by atoms with van der Waals surface area (Å²) in [5.41, 5.74) is 3.58. The normalized spacial score (nSPS) is 10.0. The van der Waals surface area contributed by atoms with Gasteiger partial charge in [0.15, 0.2) is 0 Å². The third-order valence-corrected chi connectivity index (χ3v) is 2.60. The Balaban J connectivity index is 1.86. The number of amides is 2. The van der Waals surface area contributed by atoms with Crippen molar-refractivity contribution in [1.29, 1.82) is 0 Å². The quantitative estimate of drug-likeness (QED) is 0.886. The summed E-state index contributed by atoms with van der Waals surface area (Å²) >= 11 is 0. The number of carbonyl (C=O) groups excluding carboxylic acids is 1. The lowest BCUT2D eigenvalue weighted by Crippen LogP contribution is -2.28. The molecule has 0 atom stereocenters. The van der Waals surface area contributed by atoms with Crippen LogP contribution in [0.3, 0.4) is 0 Å². The number of rotatable bonds is 3. The Morgan fingerprint density at radius 1 is 1.16 bits per heavy atom. The molecule has 2 amide bonds. The summed E-state index contributed by atoms with van der Waals surface area (Å²) in [5, 5.41) is 5.51. The highest BCUT2D eigenvalue weighted by Crippen LogP contribution is 2.08. The van der Waals surface area contributed by atoms with E-state index in [2.05, 4.69) is 20.6 Å². The van der Waals surface area contributed by atoms with Crippen molar-refractivity contribution in [1.82, 2.24) is 15.3 Å². The van der Waals surface area contributed by atoms with Crippen molar-refractivity contribution < 1.29 is 4.79 Å². The highest BCUT2D eigenvalue weighted by Gasteiger charge is 2.02. The summed E-state index contributed by atoms with van der Waals surface area (Å²) in [6, 6.07) is 9.21. The first-order valence-corrected chi connectivity index (χ1v) is 6.02. The zero-order chi connectivity index (χ0) is 13.7. The van der Waals surface area contributed by atoms with E-state index in [0.717, 1.165) is 22.6 Å². The molecule has 1 heterocycles. The van der Waals surface area contributed by atoms with E-state index in [9.17, 15) is 4.79 Å². The molecule has 0 spiro atoms. The van der Waals surface area contributed by atoms with Crippen molar-refractivity contribution in [2.24, 2.45) is 0 Å². The van der Waals surface area contributed by atoms with Gasteiger partial charge in [-0.1, -0.05) is 17.7 Å². The number of benzene rings is 1. The second kappa shape index (κ2) is 5.95. The van der Waals surface area contributed by atoms with Crippen LogP contribution >= 0.6 is 0 Å². The van der Waals surface area contributed by atoms with Crippen molar-refractivity contribution in [3.05, 3.63) is 53.6 Å². The van der Waals surface area contributed by atoms with Crippen LogP contribution in [0.1, 0.15) is 17.0 Å².